The standard InChI is InChI=1S/C37H44O4.C2H6/c1-25-17-32(38)22-36(40-24-27-9-5-3-6-10-27)37(25)26(2)29-13-14-30-19-34(41-33-11-7-4-8-12-33)20-31(35(30)21-29)18-28-15-16-39-23-28;1-2/h3,5-6,9-10,17,19-20,22,28-29,33,38H,2,4,7-8,11-16,18,21,23-24H2,1H3;1-2H3/t28-,29?;/m0./s1. The largest absolute Gasteiger partial charge is 0.508 e. The van der Waals surface area contributed by atoms with E-state index < -0.39 is 0 Å². The average Bonchev–Trinajstić information content (AvgIpc) is 3.54. The van der Waals surface area contributed by atoms with Gasteiger partial charge in [0.1, 0.15) is 23.9 Å². The molecule has 3 aromatic rings. The molecule has 0 radical (unpaired) electrons. The normalized spacial score (nSPS) is 20.1. The van der Waals surface area contributed by atoms with Crippen LogP contribution in [0.5, 0.6) is 17.2 Å². The molecule has 0 bridgehead atoms. The molecule has 4 heteroatoms. The van der Waals surface area contributed by atoms with E-state index in [-0.39, 0.29) is 5.75 Å². The molecule has 0 aromatic heterocycles. The van der Waals surface area contributed by atoms with Crippen molar-refractivity contribution in [1.29, 1.82) is 0 Å². The highest BCUT2D eigenvalue weighted by atomic mass is 16.5. The van der Waals surface area contributed by atoms with Crippen molar-refractivity contribution in [3.8, 4) is 17.2 Å². The summed E-state index contributed by atoms with van der Waals surface area (Å²) in [5.41, 5.74) is 8.60. The lowest BCUT2D eigenvalue weighted by Gasteiger charge is -2.31. The van der Waals surface area contributed by atoms with E-state index in [1.165, 1.54) is 48.8 Å². The number of phenolic OH excluding ortho intramolecular Hbond substituents is 1. The molecule has 2 atom stereocenters. The van der Waals surface area contributed by atoms with Crippen LogP contribution in [-0.4, -0.2) is 24.4 Å². The second-order valence-corrected chi connectivity index (χ2v) is 12.4. The molecule has 4 nitrogen and oxygen atoms in total. The molecule has 3 aromatic carbocycles. The lowest BCUT2D eigenvalue weighted by molar-refractivity contribution is 0.154. The average molecular weight is 583 g/mol. The Bertz CT molecular complexity index is 1350. The maximum atomic E-state index is 10.4. The molecule has 1 N–H and O–H groups in total. The zero-order valence-corrected chi connectivity index (χ0v) is 26.5. The quantitative estimate of drug-likeness (QED) is 0.273. The lowest BCUT2D eigenvalue weighted by Crippen LogP contribution is -2.22. The molecule has 6 rings (SSSR count). The van der Waals surface area contributed by atoms with E-state index in [1.807, 2.05) is 45.0 Å². The Labute approximate surface area is 259 Å². The van der Waals surface area contributed by atoms with E-state index in [2.05, 4.69) is 30.8 Å². The number of hydrogen-bond acceptors (Lipinski definition) is 4. The van der Waals surface area contributed by atoms with Gasteiger partial charge in [-0.3, -0.25) is 0 Å². The highest BCUT2D eigenvalue weighted by Crippen LogP contribution is 2.43. The molecule has 1 heterocycles. The number of allylic oxidation sites excluding steroid dienone is 1. The van der Waals surface area contributed by atoms with E-state index in [0.717, 1.165) is 73.3 Å². The van der Waals surface area contributed by atoms with Crippen LogP contribution in [0.15, 0.2) is 61.2 Å². The van der Waals surface area contributed by atoms with Gasteiger partial charge >= 0.3 is 0 Å². The highest BCUT2D eigenvalue weighted by Gasteiger charge is 2.29. The smallest absolute Gasteiger partial charge is 0.131 e. The van der Waals surface area contributed by atoms with Crippen LogP contribution < -0.4 is 9.47 Å². The first-order valence-electron chi connectivity index (χ1n) is 16.6. The second kappa shape index (κ2) is 15.0. The number of fused-ring (bicyclic) bond motifs is 1. The van der Waals surface area contributed by atoms with Crippen LogP contribution in [0.4, 0.5) is 0 Å². The van der Waals surface area contributed by atoms with E-state index in [0.29, 0.717) is 30.3 Å². The molecule has 43 heavy (non-hydrogen) atoms. The molecule has 0 amide bonds. The van der Waals surface area contributed by atoms with Crippen molar-refractivity contribution in [2.24, 2.45) is 11.8 Å². The Hall–Kier alpha value is -3.24. The summed E-state index contributed by atoms with van der Waals surface area (Å²) in [4.78, 5) is 0. The summed E-state index contributed by atoms with van der Waals surface area (Å²) in [5.74, 6) is 2.88. The lowest BCUT2D eigenvalue weighted by atomic mass is 9.75. The molecule has 1 unspecified atom stereocenters. The first kappa shape index (κ1) is 31.2. The second-order valence-electron chi connectivity index (χ2n) is 12.4. The molecule has 3 aliphatic rings. The number of hydrogen-bond donors (Lipinski definition) is 1. The summed E-state index contributed by atoms with van der Waals surface area (Å²) >= 11 is 0. The Kier molecular flexibility index (Phi) is 10.9. The van der Waals surface area contributed by atoms with Gasteiger partial charge in [0, 0.05) is 24.8 Å². The summed E-state index contributed by atoms with van der Waals surface area (Å²) in [7, 11) is 0. The summed E-state index contributed by atoms with van der Waals surface area (Å²) in [6.45, 7) is 12.9. The summed E-state index contributed by atoms with van der Waals surface area (Å²) in [5, 5.41) is 10.4. The molecular formula is C39H50O4. The van der Waals surface area contributed by atoms with Gasteiger partial charge in [-0.2, -0.15) is 0 Å². The predicted octanol–water partition coefficient (Wildman–Crippen LogP) is 9.41. The van der Waals surface area contributed by atoms with Crippen molar-refractivity contribution in [3.05, 3.63) is 94.6 Å². The number of aryl methyl sites for hydroxylation is 2. The van der Waals surface area contributed by atoms with E-state index >= 15 is 0 Å². The minimum atomic E-state index is 0.225. The van der Waals surface area contributed by atoms with Gasteiger partial charge in [-0.05, 0) is 128 Å². The van der Waals surface area contributed by atoms with Crippen molar-refractivity contribution in [1.82, 2.24) is 0 Å². The van der Waals surface area contributed by atoms with Crippen molar-refractivity contribution in [2.45, 2.75) is 97.7 Å². The molecule has 1 aliphatic heterocycles. The molecule has 2 fully saturated rings. The maximum absolute atomic E-state index is 10.4. The zero-order chi connectivity index (χ0) is 30.2. The van der Waals surface area contributed by atoms with Gasteiger partial charge in [-0.15, -0.1) is 0 Å². The number of rotatable bonds is 9. The van der Waals surface area contributed by atoms with Crippen LogP contribution in [0.2, 0.25) is 0 Å². The summed E-state index contributed by atoms with van der Waals surface area (Å²) in [6.07, 6.45) is 11.8. The first-order valence-corrected chi connectivity index (χ1v) is 16.6. The molecule has 0 spiro atoms. The van der Waals surface area contributed by atoms with Gasteiger partial charge in [-0.25, -0.2) is 0 Å². The van der Waals surface area contributed by atoms with Gasteiger partial charge in [0.15, 0.2) is 0 Å². The van der Waals surface area contributed by atoms with Crippen LogP contribution >= 0.6 is 0 Å². The van der Waals surface area contributed by atoms with Crippen LogP contribution in [0.1, 0.15) is 92.2 Å². The van der Waals surface area contributed by atoms with Gasteiger partial charge in [0.05, 0.1) is 6.10 Å². The minimum Gasteiger partial charge on any atom is -0.508 e. The monoisotopic (exact) mass is 582 g/mol. The van der Waals surface area contributed by atoms with Crippen molar-refractivity contribution >= 4 is 5.57 Å². The van der Waals surface area contributed by atoms with E-state index in [9.17, 15) is 5.11 Å². The minimum absolute atomic E-state index is 0.225. The van der Waals surface area contributed by atoms with Crippen molar-refractivity contribution in [2.75, 3.05) is 13.2 Å². The van der Waals surface area contributed by atoms with E-state index in [4.69, 9.17) is 14.2 Å². The Morgan fingerprint density at radius 1 is 0.977 bits per heavy atom. The summed E-state index contributed by atoms with van der Waals surface area (Å²) < 4.78 is 18.7. The van der Waals surface area contributed by atoms with Crippen molar-refractivity contribution < 1.29 is 19.3 Å². The number of phenols is 1. The Morgan fingerprint density at radius 3 is 2.51 bits per heavy atom. The van der Waals surface area contributed by atoms with Gasteiger partial charge in [0.25, 0.3) is 0 Å². The molecule has 1 saturated carbocycles. The molecule has 2 aliphatic carbocycles. The van der Waals surface area contributed by atoms with Crippen LogP contribution in [-0.2, 0) is 30.6 Å². The SMILES string of the molecule is C=C(c1c(C)cc(O)cc1OCc1ccccc1)C1CCc2cc(OC3CCCCC3)cc(C[C@@H]3CCOC3)c2C1.CC. The topological polar surface area (TPSA) is 47.9 Å². The third-order valence-electron chi connectivity index (χ3n) is 9.34. The fourth-order valence-corrected chi connectivity index (χ4v) is 7.11. The Morgan fingerprint density at radius 2 is 1.77 bits per heavy atom. The molecule has 1 saturated heterocycles. The van der Waals surface area contributed by atoms with Gasteiger partial charge < -0.3 is 19.3 Å². The predicted molar refractivity (Wildman–Crippen MR) is 176 cm³/mol. The summed E-state index contributed by atoms with van der Waals surface area (Å²) in [6, 6.07) is 18.4. The number of ether oxygens (including phenoxy) is 3. The van der Waals surface area contributed by atoms with Crippen LogP contribution in [0.3, 0.4) is 0 Å². The number of aromatic hydroxyl groups is 1. The third kappa shape index (κ3) is 7.84. The van der Waals surface area contributed by atoms with Crippen LogP contribution in [0.25, 0.3) is 5.57 Å². The fraction of sp³-hybridized carbons (Fsp3) is 0.487. The highest BCUT2D eigenvalue weighted by molar-refractivity contribution is 5.74. The van der Waals surface area contributed by atoms with Gasteiger partial charge in [0.2, 0.25) is 0 Å². The van der Waals surface area contributed by atoms with Crippen LogP contribution in [0, 0.1) is 18.8 Å². The maximum Gasteiger partial charge on any atom is 0.131 e. The first-order chi connectivity index (χ1) is 21.0. The van der Waals surface area contributed by atoms with E-state index in [1.54, 1.807) is 6.07 Å². The Balaban J connectivity index is 0.00000180. The zero-order valence-electron chi connectivity index (χ0n) is 26.5. The van der Waals surface area contributed by atoms with Gasteiger partial charge in [-0.1, -0.05) is 57.2 Å². The molecular weight excluding hydrogens is 532 g/mol. The number of benzene rings is 3. The van der Waals surface area contributed by atoms with Crippen molar-refractivity contribution in [3.63, 3.8) is 0 Å². The fourth-order valence-electron chi connectivity index (χ4n) is 7.11. The third-order valence-corrected chi connectivity index (χ3v) is 9.34. The molecule has 230 valence electrons.